The van der Waals surface area contributed by atoms with Gasteiger partial charge in [0.1, 0.15) is 0 Å². The first kappa shape index (κ1) is 6.13. The predicted octanol–water partition coefficient (Wildman–Crippen LogP) is 0.0824. The summed E-state index contributed by atoms with van der Waals surface area (Å²) >= 11 is 0. The van der Waals surface area contributed by atoms with Gasteiger partial charge in [-0.3, -0.25) is 4.98 Å². The van der Waals surface area contributed by atoms with Gasteiger partial charge in [-0.15, -0.1) is 9.24 Å². The number of nitrogens with zero attached hydrogens (tertiary/aromatic N) is 1. The van der Waals surface area contributed by atoms with Gasteiger partial charge in [0.25, 0.3) is 0 Å². The predicted molar refractivity (Wildman–Crippen MR) is 42.9 cm³/mol. The lowest BCUT2D eigenvalue weighted by molar-refractivity contribution is 1.42. The van der Waals surface area contributed by atoms with Crippen LogP contribution in [-0.4, -0.2) is 4.98 Å². The van der Waals surface area contributed by atoms with E-state index in [1.165, 1.54) is 0 Å². The molecule has 0 aliphatic carbocycles. The highest BCUT2D eigenvalue weighted by molar-refractivity contribution is 7.28. The van der Waals surface area contributed by atoms with Crippen molar-refractivity contribution in [3.05, 3.63) is 18.3 Å². The lowest BCUT2D eigenvalue weighted by Crippen LogP contribution is -2.01. The minimum Gasteiger partial charge on any atom is -0.256 e. The van der Waals surface area contributed by atoms with Gasteiger partial charge in [0, 0.05) is 6.20 Å². The number of rotatable bonds is 0. The molecule has 1 aromatic rings. The molecule has 0 bridgehead atoms. The van der Waals surface area contributed by atoms with Gasteiger partial charge in [0.15, 0.2) is 0 Å². The third-order valence-electron chi connectivity index (χ3n) is 0.809. The van der Waals surface area contributed by atoms with E-state index in [0.717, 1.165) is 10.7 Å². The molecular weight excluding hydrogens is 136 g/mol. The second-order valence-corrected chi connectivity index (χ2v) is 2.77. The SMILES string of the molecule is Pc1ccc(P)nc1. The Morgan fingerprint density at radius 1 is 1.25 bits per heavy atom. The molecule has 2 unspecified atom stereocenters. The van der Waals surface area contributed by atoms with Crippen LogP contribution >= 0.6 is 18.5 Å². The second kappa shape index (κ2) is 2.53. The van der Waals surface area contributed by atoms with Gasteiger partial charge in [0.05, 0.1) is 5.44 Å². The summed E-state index contributed by atoms with van der Waals surface area (Å²) in [4.78, 5) is 4.02. The van der Waals surface area contributed by atoms with Gasteiger partial charge < -0.3 is 0 Å². The smallest absolute Gasteiger partial charge is 0.0569 e. The Kier molecular flexibility index (Phi) is 1.94. The Morgan fingerprint density at radius 3 is 2.38 bits per heavy atom. The fourth-order valence-corrected chi connectivity index (χ4v) is 0.758. The number of hydrogen-bond acceptors (Lipinski definition) is 1. The monoisotopic (exact) mass is 143 g/mol. The summed E-state index contributed by atoms with van der Waals surface area (Å²) in [6.07, 6.45) is 1.81. The third kappa shape index (κ3) is 1.51. The van der Waals surface area contributed by atoms with E-state index < -0.39 is 0 Å². The zero-order valence-electron chi connectivity index (χ0n) is 4.33. The van der Waals surface area contributed by atoms with E-state index in [1.807, 2.05) is 18.3 Å². The van der Waals surface area contributed by atoms with E-state index in [2.05, 4.69) is 23.5 Å². The van der Waals surface area contributed by atoms with Crippen LogP contribution < -0.4 is 10.7 Å². The van der Waals surface area contributed by atoms with Crippen molar-refractivity contribution in [2.24, 2.45) is 0 Å². The lowest BCUT2D eigenvalue weighted by Gasteiger charge is -1.89. The van der Waals surface area contributed by atoms with Crippen LogP contribution in [0.3, 0.4) is 0 Å². The Hall–Kier alpha value is 0.01000. The summed E-state index contributed by atoms with van der Waals surface area (Å²) in [7, 11) is 5.11. The largest absolute Gasteiger partial charge is 0.256 e. The van der Waals surface area contributed by atoms with Gasteiger partial charge in [0.2, 0.25) is 0 Å². The standard InChI is InChI=1S/C5H7NP2/c7-4-1-2-5(8)6-3-4/h1-3H,7-8H2. The van der Waals surface area contributed by atoms with Crippen LogP contribution in [0.15, 0.2) is 18.3 Å². The second-order valence-electron chi connectivity index (χ2n) is 1.52. The molecule has 1 aromatic heterocycles. The molecule has 0 aliphatic heterocycles. The van der Waals surface area contributed by atoms with E-state index in [0.29, 0.717) is 0 Å². The number of aromatic nitrogens is 1. The summed E-state index contributed by atoms with van der Waals surface area (Å²) in [6, 6.07) is 3.95. The Balaban J connectivity index is 3.03. The maximum Gasteiger partial charge on any atom is 0.0569 e. The fraction of sp³-hybridized carbons (Fsp3) is 0. The number of hydrogen-bond donors (Lipinski definition) is 0. The highest BCUT2D eigenvalue weighted by Gasteiger charge is 1.81. The van der Waals surface area contributed by atoms with Gasteiger partial charge in [-0.2, -0.15) is 0 Å². The summed E-state index contributed by atoms with van der Waals surface area (Å²) < 4.78 is 0. The first-order valence-corrected chi connectivity index (χ1v) is 3.41. The first-order valence-electron chi connectivity index (χ1n) is 2.26. The molecule has 0 amide bonds. The van der Waals surface area contributed by atoms with Crippen molar-refractivity contribution in [3.8, 4) is 0 Å². The molecule has 1 nitrogen and oxygen atoms in total. The highest BCUT2D eigenvalue weighted by atomic mass is 31.0. The zero-order chi connectivity index (χ0) is 5.98. The average Bonchev–Trinajstić information content (AvgIpc) is 1.77. The van der Waals surface area contributed by atoms with E-state index in [9.17, 15) is 0 Å². The molecule has 0 spiro atoms. The molecular formula is C5H7NP2. The normalized spacial score (nSPS) is 9.25. The zero-order valence-corrected chi connectivity index (χ0v) is 6.64. The minimum atomic E-state index is 0.983. The molecule has 0 aromatic carbocycles. The van der Waals surface area contributed by atoms with E-state index in [-0.39, 0.29) is 0 Å². The average molecular weight is 143 g/mol. The van der Waals surface area contributed by atoms with Crippen molar-refractivity contribution in [1.82, 2.24) is 4.98 Å². The molecule has 0 aliphatic rings. The molecule has 2 atom stereocenters. The van der Waals surface area contributed by atoms with Crippen LogP contribution in [0.25, 0.3) is 0 Å². The molecule has 1 heterocycles. The summed E-state index contributed by atoms with van der Waals surface area (Å²) in [5, 5.41) is 1.12. The van der Waals surface area contributed by atoms with Crippen molar-refractivity contribution >= 4 is 29.2 Å². The van der Waals surface area contributed by atoms with Gasteiger partial charge >= 0.3 is 0 Å². The van der Waals surface area contributed by atoms with Crippen LogP contribution in [0.5, 0.6) is 0 Å². The first-order chi connectivity index (χ1) is 3.79. The van der Waals surface area contributed by atoms with E-state index >= 15 is 0 Å². The van der Waals surface area contributed by atoms with Crippen LogP contribution in [0.4, 0.5) is 0 Å². The van der Waals surface area contributed by atoms with Crippen LogP contribution in [0.1, 0.15) is 0 Å². The van der Waals surface area contributed by atoms with Crippen molar-refractivity contribution in [2.75, 3.05) is 0 Å². The van der Waals surface area contributed by atoms with Crippen LogP contribution in [0.2, 0.25) is 0 Å². The summed E-state index contributed by atoms with van der Waals surface area (Å²) in [6.45, 7) is 0. The Morgan fingerprint density at radius 2 is 2.00 bits per heavy atom. The fourth-order valence-electron chi connectivity index (χ4n) is 0.417. The molecule has 8 heavy (non-hydrogen) atoms. The lowest BCUT2D eigenvalue weighted by atomic mass is 10.5. The van der Waals surface area contributed by atoms with Gasteiger partial charge in [-0.05, 0) is 11.4 Å². The molecule has 0 N–H and O–H groups in total. The van der Waals surface area contributed by atoms with Crippen LogP contribution in [-0.2, 0) is 0 Å². The van der Waals surface area contributed by atoms with Crippen molar-refractivity contribution in [3.63, 3.8) is 0 Å². The quantitative estimate of drug-likeness (QED) is 0.469. The maximum absolute atomic E-state index is 4.02. The van der Waals surface area contributed by atoms with Crippen molar-refractivity contribution in [1.29, 1.82) is 0 Å². The number of pyridine rings is 1. The molecule has 0 radical (unpaired) electrons. The molecule has 3 heteroatoms. The molecule has 0 fully saturated rings. The minimum absolute atomic E-state index is 0.983. The molecule has 0 saturated heterocycles. The third-order valence-corrected chi connectivity index (χ3v) is 1.49. The maximum atomic E-state index is 4.02. The van der Waals surface area contributed by atoms with Crippen molar-refractivity contribution < 1.29 is 0 Å². The topological polar surface area (TPSA) is 12.9 Å². The van der Waals surface area contributed by atoms with Crippen molar-refractivity contribution in [2.45, 2.75) is 0 Å². The Labute approximate surface area is 53.3 Å². The van der Waals surface area contributed by atoms with E-state index in [1.54, 1.807) is 0 Å². The van der Waals surface area contributed by atoms with Gasteiger partial charge in [-0.1, -0.05) is 15.3 Å². The highest BCUT2D eigenvalue weighted by Crippen LogP contribution is 1.85. The van der Waals surface area contributed by atoms with E-state index in [4.69, 9.17) is 0 Å². The summed E-state index contributed by atoms with van der Waals surface area (Å²) in [5.74, 6) is 0. The van der Waals surface area contributed by atoms with Crippen LogP contribution in [0, 0.1) is 0 Å². The molecule has 0 saturated carbocycles. The Bertz CT molecular complexity index is 149. The van der Waals surface area contributed by atoms with Gasteiger partial charge in [-0.25, -0.2) is 0 Å². The molecule has 42 valence electrons. The molecule has 1 rings (SSSR count). The summed E-state index contributed by atoms with van der Waals surface area (Å²) in [5.41, 5.74) is 0.983.